The molecule has 1 heterocycles. The molecule has 1 unspecified atom stereocenters. The summed E-state index contributed by atoms with van der Waals surface area (Å²) in [6.45, 7) is 13.3. The number of hydrogen-bond acceptors (Lipinski definition) is 1. The largest absolute Gasteiger partial charge is 0.372 e. The average molecular weight is 440 g/mol. The van der Waals surface area contributed by atoms with Gasteiger partial charge in [0.2, 0.25) is 5.69 Å². The van der Waals surface area contributed by atoms with Crippen molar-refractivity contribution >= 4 is 39.1 Å². The second-order valence-corrected chi connectivity index (χ2v) is 8.75. The summed E-state index contributed by atoms with van der Waals surface area (Å²) in [5.41, 5.74) is 8.00. The zero-order valence-electron chi connectivity index (χ0n) is 18.0. The summed E-state index contributed by atoms with van der Waals surface area (Å²) in [6, 6.07) is 13.4. The summed E-state index contributed by atoms with van der Waals surface area (Å²) in [7, 11) is 2.18. The fourth-order valence-electron chi connectivity index (χ4n) is 4.35. The lowest BCUT2D eigenvalue weighted by Gasteiger charge is -2.22. The van der Waals surface area contributed by atoms with Gasteiger partial charge in [-0.2, -0.15) is 4.58 Å². The van der Waals surface area contributed by atoms with Gasteiger partial charge in [-0.05, 0) is 75.6 Å². The molecule has 148 valence electrons. The van der Waals surface area contributed by atoms with Crippen molar-refractivity contribution in [1.82, 2.24) is 0 Å². The highest BCUT2D eigenvalue weighted by atomic mass is 79.9. The van der Waals surface area contributed by atoms with Crippen LogP contribution in [0.5, 0.6) is 0 Å². The minimum absolute atomic E-state index is 0.0272. The summed E-state index contributed by atoms with van der Waals surface area (Å²) in [5.74, 6) is 0. The van der Waals surface area contributed by atoms with Crippen molar-refractivity contribution in [3.8, 4) is 0 Å². The van der Waals surface area contributed by atoms with E-state index in [0.717, 1.165) is 24.0 Å². The van der Waals surface area contributed by atoms with Crippen LogP contribution in [-0.2, 0) is 5.41 Å². The van der Waals surface area contributed by atoms with Gasteiger partial charge in [0.25, 0.3) is 0 Å². The third kappa shape index (κ3) is 3.57. The molecular weight excluding hydrogens is 408 g/mol. The van der Waals surface area contributed by atoms with Crippen molar-refractivity contribution in [2.75, 3.05) is 25.0 Å². The van der Waals surface area contributed by atoms with E-state index in [-0.39, 0.29) is 5.41 Å². The number of fused-ring (bicyclic) bond motifs is 1. The molecule has 0 saturated carbocycles. The Balaban J connectivity index is 1.97. The van der Waals surface area contributed by atoms with Crippen molar-refractivity contribution in [1.29, 1.82) is 0 Å². The van der Waals surface area contributed by atoms with Gasteiger partial charge in [-0.25, -0.2) is 0 Å². The highest BCUT2D eigenvalue weighted by Gasteiger charge is 2.45. The van der Waals surface area contributed by atoms with Crippen LogP contribution < -0.4 is 4.90 Å². The van der Waals surface area contributed by atoms with Crippen molar-refractivity contribution in [3.63, 3.8) is 0 Å². The van der Waals surface area contributed by atoms with Crippen LogP contribution >= 0.6 is 15.9 Å². The molecular formula is C25H32BrN2+. The second-order valence-electron chi connectivity index (χ2n) is 7.84. The zero-order chi connectivity index (χ0) is 20.5. The van der Waals surface area contributed by atoms with Crippen LogP contribution in [-0.4, -0.2) is 30.4 Å². The Kier molecular flexibility index (Phi) is 6.14. The molecule has 1 aliphatic rings. The summed E-state index contributed by atoms with van der Waals surface area (Å²) in [5, 5.41) is 0. The van der Waals surface area contributed by atoms with E-state index >= 15 is 0 Å². The predicted octanol–water partition coefficient (Wildman–Crippen LogP) is 6.71. The van der Waals surface area contributed by atoms with Crippen molar-refractivity contribution in [2.24, 2.45) is 0 Å². The van der Waals surface area contributed by atoms with Gasteiger partial charge in [0, 0.05) is 41.0 Å². The van der Waals surface area contributed by atoms with Crippen LogP contribution in [0.15, 0.2) is 46.9 Å². The van der Waals surface area contributed by atoms with E-state index in [9.17, 15) is 0 Å². The SMILES string of the molecule is CCN(CC)c1ccc(/C=C/C2=[N+](C)c3ccc(Br)cc3C2(C)CC)c(C)c1. The Labute approximate surface area is 178 Å². The Bertz CT molecular complexity index is 938. The van der Waals surface area contributed by atoms with Crippen LogP contribution in [0.4, 0.5) is 11.4 Å². The molecule has 3 heteroatoms. The van der Waals surface area contributed by atoms with E-state index in [1.807, 2.05) is 0 Å². The maximum absolute atomic E-state index is 3.65. The van der Waals surface area contributed by atoms with Crippen molar-refractivity contribution in [2.45, 2.75) is 46.5 Å². The normalized spacial score (nSPS) is 18.8. The number of nitrogens with zero attached hydrogens (tertiary/aromatic N) is 2. The lowest BCUT2D eigenvalue weighted by Crippen LogP contribution is -2.29. The first-order valence-corrected chi connectivity index (χ1v) is 11.1. The quantitative estimate of drug-likeness (QED) is 0.453. The van der Waals surface area contributed by atoms with Gasteiger partial charge in [-0.3, -0.25) is 0 Å². The number of anilines is 1. The van der Waals surface area contributed by atoms with Gasteiger partial charge in [-0.1, -0.05) is 28.9 Å². The highest BCUT2D eigenvalue weighted by molar-refractivity contribution is 9.10. The standard InChI is InChI=1S/C25H32BrN2/c1-7-25(5)22-17-20(26)12-14-23(22)27(6)24(25)15-11-19-10-13-21(16-18(19)4)28(8-2)9-3/h10-17H,7-9H2,1-6H3/q+1. The van der Waals surface area contributed by atoms with Gasteiger partial charge in [0.05, 0.1) is 5.41 Å². The Morgan fingerprint density at radius 1 is 1.04 bits per heavy atom. The Morgan fingerprint density at radius 3 is 2.36 bits per heavy atom. The summed E-state index contributed by atoms with van der Waals surface area (Å²) in [4.78, 5) is 2.39. The summed E-state index contributed by atoms with van der Waals surface area (Å²) in [6.07, 6.45) is 5.67. The number of benzene rings is 2. The number of halogens is 1. The molecule has 0 saturated heterocycles. The van der Waals surface area contributed by atoms with E-state index in [2.05, 4.69) is 116 Å². The molecule has 0 fully saturated rings. The van der Waals surface area contributed by atoms with Gasteiger partial charge in [-0.15, -0.1) is 0 Å². The molecule has 0 radical (unpaired) electrons. The van der Waals surface area contributed by atoms with Crippen LogP contribution in [0.1, 0.15) is 50.8 Å². The first kappa shape index (κ1) is 20.9. The summed E-state index contributed by atoms with van der Waals surface area (Å²) >= 11 is 3.65. The first-order chi connectivity index (χ1) is 13.3. The number of rotatable bonds is 6. The maximum Gasteiger partial charge on any atom is 0.209 e. The fourth-order valence-corrected chi connectivity index (χ4v) is 4.71. The third-order valence-electron chi connectivity index (χ3n) is 6.35. The van der Waals surface area contributed by atoms with Crippen molar-refractivity contribution < 1.29 is 4.58 Å². The predicted molar refractivity (Wildman–Crippen MR) is 126 cm³/mol. The molecule has 0 aromatic heterocycles. The topological polar surface area (TPSA) is 6.25 Å². The second kappa shape index (κ2) is 8.24. The molecule has 1 aliphatic heterocycles. The molecule has 0 amide bonds. The lowest BCUT2D eigenvalue weighted by atomic mass is 9.77. The smallest absolute Gasteiger partial charge is 0.209 e. The molecule has 28 heavy (non-hydrogen) atoms. The third-order valence-corrected chi connectivity index (χ3v) is 6.84. The molecule has 2 nitrogen and oxygen atoms in total. The van der Waals surface area contributed by atoms with Gasteiger partial charge in [0.15, 0.2) is 5.71 Å². The van der Waals surface area contributed by atoms with Gasteiger partial charge in [0.1, 0.15) is 7.05 Å². The lowest BCUT2D eigenvalue weighted by molar-refractivity contribution is -0.401. The van der Waals surface area contributed by atoms with Crippen LogP contribution in [0, 0.1) is 6.92 Å². The molecule has 0 spiro atoms. The Morgan fingerprint density at radius 2 is 1.75 bits per heavy atom. The van der Waals surface area contributed by atoms with Crippen LogP contribution in [0.2, 0.25) is 0 Å². The van der Waals surface area contributed by atoms with E-state index in [0.29, 0.717) is 0 Å². The minimum atomic E-state index is 0.0272. The molecule has 0 bridgehead atoms. The average Bonchev–Trinajstić information content (AvgIpc) is 2.89. The zero-order valence-corrected chi connectivity index (χ0v) is 19.6. The van der Waals surface area contributed by atoms with Gasteiger partial charge >= 0.3 is 0 Å². The summed E-state index contributed by atoms with van der Waals surface area (Å²) < 4.78 is 3.49. The number of hydrogen-bond donors (Lipinski definition) is 0. The maximum atomic E-state index is 3.65. The molecule has 1 atom stereocenters. The van der Waals surface area contributed by atoms with Crippen LogP contribution in [0.25, 0.3) is 6.08 Å². The van der Waals surface area contributed by atoms with Crippen LogP contribution in [0.3, 0.4) is 0 Å². The number of allylic oxidation sites excluding steroid dienone is 1. The van der Waals surface area contributed by atoms with E-state index in [1.165, 1.54) is 33.8 Å². The molecule has 2 aromatic rings. The monoisotopic (exact) mass is 439 g/mol. The van der Waals surface area contributed by atoms with Gasteiger partial charge < -0.3 is 4.90 Å². The molecule has 0 aliphatic carbocycles. The minimum Gasteiger partial charge on any atom is -0.372 e. The van der Waals surface area contributed by atoms with E-state index in [1.54, 1.807) is 0 Å². The number of aryl methyl sites for hydroxylation is 1. The molecule has 3 rings (SSSR count). The Hall–Kier alpha value is -1.87. The molecule has 0 N–H and O–H groups in total. The van der Waals surface area contributed by atoms with Crippen molar-refractivity contribution in [3.05, 3.63) is 63.6 Å². The molecule has 2 aromatic carbocycles. The first-order valence-electron chi connectivity index (χ1n) is 10.3. The van der Waals surface area contributed by atoms with E-state index < -0.39 is 0 Å². The van der Waals surface area contributed by atoms with E-state index in [4.69, 9.17) is 0 Å². The fraction of sp³-hybridized carbons (Fsp3) is 0.400. The highest BCUT2D eigenvalue weighted by Crippen LogP contribution is 2.43.